The van der Waals surface area contributed by atoms with Crippen LogP contribution in [-0.4, -0.2) is 18.5 Å². The molecule has 1 heterocycles. The molecule has 0 aromatic carbocycles. The number of nitrogens with two attached hydrogens (primary N) is 1. The van der Waals surface area contributed by atoms with Crippen LogP contribution >= 0.6 is 23.7 Å². The van der Waals surface area contributed by atoms with Crippen LogP contribution in [0.4, 0.5) is 0 Å². The Hall–Kier alpha value is -0.580. The lowest BCUT2D eigenvalue weighted by Gasteiger charge is -2.07. The van der Waals surface area contributed by atoms with Gasteiger partial charge in [-0.3, -0.25) is 4.79 Å². The van der Waals surface area contributed by atoms with Gasteiger partial charge in [0.1, 0.15) is 0 Å². The number of halogens is 1. The molecule has 0 saturated heterocycles. The Balaban J connectivity index is 0.00000324. The first-order valence-corrected chi connectivity index (χ1v) is 7.39. The summed E-state index contributed by atoms with van der Waals surface area (Å²) in [4.78, 5) is 14.3. The van der Waals surface area contributed by atoms with Crippen LogP contribution in [0.1, 0.15) is 41.5 Å². The topological polar surface area (TPSA) is 55.1 Å². The van der Waals surface area contributed by atoms with E-state index in [0.717, 1.165) is 19.3 Å². The van der Waals surface area contributed by atoms with Gasteiger partial charge in [0.15, 0.2) is 0 Å². The molecule has 0 saturated carbocycles. The van der Waals surface area contributed by atoms with E-state index in [1.54, 1.807) is 0 Å². The maximum absolute atomic E-state index is 11.6. The van der Waals surface area contributed by atoms with Crippen molar-refractivity contribution in [2.45, 2.75) is 52.5 Å². The lowest BCUT2D eigenvalue weighted by atomic mass is 10.1. The van der Waals surface area contributed by atoms with E-state index in [9.17, 15) is 4.79 Å². The van der Waals surface area contributed by atoms with Crippen LogP contribution in [0.3, 0.4) is 0 Å². The van der Waals surface area contributed by atoms with Gasteiger partial charge in [0.25, 0.3) is 0 Å². The van der Waals surface area contributed by atoms with Crippen molar-refractivity contribution in [3.05, 3.63) is 21.4 Å². The van der Waals surface area contributed by atoms with E-state index in [1.165, 1.54) is 15.3 Å². The standard InChI is InChI=1S/C14H24N2OS.ClH/c1-10(15)7-8-16-14(17)6-4-5-13-9-11(2)18-12(13)3;/h9-10H,4-8,15H2,1-3H3,(H,16,17);1H. The summed E-state index contributed by atoms with van der Waals surface area (Å²) in [5.41, 5.74) is 7.01. The van der Waals surface area contributed by atoms with Crippen molar-refractivity contribution in [2.75, 3.05) is 6.54 Å². The predicted octanol–water partition coefficient (Wildman–Crippen LogP) is 2.96. The number of carbonyl (C=O) groups excluding carboxylic acids is 1. The third-order valence-electron chi connectivity index (χ3n) is 2.92. The van der Waals surface area contributed by atoms with Crippen LogP contribution in [0.25, 0.3) is 0 Å². The van der Waals surface area contributed by atoms with E-state index < -0.39 is 0 Å². The minimum Gasteiger partial charge on any atom is -0.356 e. The number of hydrogen-bond donors (Lipinski definition) is 2. The summed E-state index contributed by atoms with van der Waals surface area (Å²) in [5, 5.41) is 2.90. The van der Waals surface area contributed by atoms with Crippen molar-refractivity contribution in [1.82, 2.24) is 5.32 Å². The van der Waals surface area contributed by atoms with Crippen molar-refractivity contribution in [3.63, 3.8) is 0 Å². The Morgan fingerprint density at radius 2 is 2.16 bits per heavy atom. The molecule has 0 aliphatic heterocycles. The minimum absolute atomic E-state index is 0. The highest BCUT2D eigenvalue weighted by molar-refractivity contribution is 7.12. The Morgan fingerprint density at radius 1 is 1.47 bits per heavy atom. The largest absolute Gasteiger partial charge is 0.356 e. The highest BCUT2D eigenvalue weighted by Gasteiger charge is 2.05. The van der Waals surface area contributed by atoms with Gasteiger partial charge < -0.3 is 11.1 Å². The quantitative estimate of drug-likeness (QED) is 0.813. The van der Waals surface area contributed by atoms with Gasteiger partial charge in [-0.05, 0) is 51.7 Å². The molecule has 0 aliphatic carbocycles. The molecule has 0 bridgehead atoms. The minimum atomic E-state index is 0. The monoisotopic (exact) mass is 304 g/mol. The average molecular weight is 305 g/mol. The second-order valence-corrected chi connectivity index (χ2v) is 6.37. The molecule has 19 heavy (non-hydrogen) atoms. The van der Waals surface area contributed by atoms with Gasteiger partial charge in [-0.1, -0.05) is 0 Å². The number of carbonyl (C=O) groups is 1. The lowest BCUT2D eigenvalue weighted by molar-refractivity contribution is -0.121. The number of nitrogens with one attached hydrogen (secondary N) is 1. The van der Waals surface area contributed by atoms with Gasteiger partial charge in [-0.15, -0.1) is 23.7 Å². The molecule has 1 aromatic rings. The van der Waals surface area contributed by atoms with E-state index in [4.69, 9.17) is 5.73 Å². The fourth-order valence-corrected chi connectivity index (χ4v) is 2.87. The van der Waals surface area contributed by atoms with Crippen LogP contribution in [0.15, 0.2) is 6.07 Å². The average Bonchev–Trinajstić information content (AvgIpc) is 2.57. The van der Waals surface area contributed by atoms with Gasteiger partial charge in [0.05, 0.1) is 0 Å². The van der Waals surface area contributed by atoms with Crippen LogP contribution < -0.4 is 11.1 Å². The van der Waals surface area contributed by atoms with Gasteiger partial charge in [0.2, 0.25) is 5.91 Å². The summed E-state index contributed by atoms with van der Waals surface area (Å²) < 4.78 is 0. The third kappa shape index (κ3) is 7.55. The lowest BCUT2D eigenvalue weighted by Crippen LogP contribution is -2.28. The smallest absolute Gasteiger partial charge is 0.220 e. The fourth-order valence-electron chi connectivity index (χ4n) is 1.90. The van der Waals surface area contributed by atoms with E-state index in [-0.39, 0.29) is 24.4 Å². The normalized spacial score (nSPS) is 11.8. The number of rotatable bonds is 7. The molecule has 3 nitrogen and oxygen atoms in total. The summed E-state index contributed by atoms with van der Waals surface area (Å²) in [7, 11) is 0. The number of aryl methyl sites for hydroxylation is 3. The SMILES string of the molecule is Cc1cc(CCCC(=O)NCCC(C)N)c(C)s1.Cl. The van der Waals surface area contributed by atoms with Crippen molar-refractivity contribution < 1.29 is 4.79 Å². The van der Waals surface area contributed by atoms with Crippen LogP contribution in [0, 0.1) is 13.8 Å². The second kappa shape index (κ2) is 9.34. The van der Waals surface area contributed by atoms with Gasteiger partial charge in [-0.25, -0.2) is 0 Å². The van der Waals surface area contributed by atoms with E-state index in [1.807, 2.05) is 18.3 Å². The van der Waals surface area contributed by atoms with Crippen molar-refractivity contribution in [3.8, 4) is 0 Å². The zero-order chi connectivity index (χ0) is 13.5. The fraction of sp³-hybridized carbons (Fsp3) is 0.643. The molecular formula is C14H25ClN2OS. The highest BCUT2D eigenvalue weighted by Crippen LogP contribution is 2.22. The number of hydrogen-bond acceptors (Lipinski definition) is 3. The molecule has 0 spiro atoms. The summed E-state index contributed by atoms with van der Waals surface area (Å²) in [5.74, 6) is 0.139. The summed E-state index contributed by atoms with van der Waals surface area (Å²) in [6, 6.07) is 2.38. The third-order valence-corrected chi connectivity index (χ3v) is 3.92. The zero-order valence-corrected chi connectivity index (χ0v) is 13.6. The molecule has 110 valence electrons. The second-order valence-electron chi connectivity index (χ2n) is 4.91. The molecule has 0 fully saturated rings. The first-order chi connectivity index (χ1) is 8.49. The Bertz CT molecular complexity index is 391. The molecule has 1 unspecified atom stereocenters. The van der Waals surface area contributed by atoms with Gasteiger partial charge >= 0.3 is 0 Å². The van der Waals surface area contributed by atoms with Gasteiger partial charge in [0, 0.05) is 28.8 Å². The van der Waals surface area contributed by atoms with Crippen LogP contribution in [0.2, 0.25) is 0 Å². The Morgan fingerprint density at radius 3 is 2.68 bits per heavy atom. The molecule has 1 aromatic heterocycles. The zero-order valence-electron chi connectivity index (χ0n) is 12.0. The first kappa shape index (κ1) is 18.4. The maximum atomic E-state index is 11.6. The molecule has 0 radical (unpaired) electrons. The molecule has 0 aliphatic rings. The van der Waals surface area contributed by atoms with Gasteiger partial charge in [-0.2, -0.15) is 0 Å². The van der Waals surface area contributed by atoms with E-state index >= 15 is 0 Å². The van der Waals surface area contributed by atoms with Crippen LogP contribution in [-0.2, 0) is 11.2 Å². The van der Waals surface area contributed by atoms with Crippen LogP contribution in [0.5, 0.6) is 0 Å². The Kier molecular flexibility index (Phi) is 9.06. The van der Waals surface area contributed by atoms with Crippen molar-refractivity contribution >= 4 is 29.7 Å². The van der Waals surface area contributed by atoms with E-state index in [2.05, 4.69) is 25.2 Å². The first-order valence-electron chi connectivity index (χ1n) is 6.57. The predicted molar refractivity (Wildman–Crippen MR) is 85.3 cm³/mol. The number of amides is 1. The molecule has 5 heteroatoms. The maximum Gasteiger partial charge on any atom is 0.220 e. The summed E-state index contributed by atoms with van der Waals surface area (Å²) in [6.07, 6.45) is 3.36. The molecule has 3 N–H and O–H groups in total. The summed E-state index contributed by atoms with van der Waals surface area (Å²) in [6.45, 7) is 6.92. The molecule has 1 amide bonds. The van der Waals surface area contributed by atoms with Crippen molar-refractivity contribution in [2.24, 2.45) is 5.73 Å². The molecular weight excluding hydrogens is 280 g/mol. The summed E-state index contributed by atoms with van der Waals surface area (Å²) >= 11 is 1.83. The van der Waals surface area contributed by atoms with Crippen molar-refractivity contribution in [1.29, 1.82) is 0 Å². The number of thiophene rings is 1. The molecule has 1 atom stereocenters. The van der Waals surface area contributed by atoms with E-state index in [0.29, 0.717) is 13.0 Å². The Labute approximate surface area is 126 Å². The molecule has 1 rings (SSSR count). The highest BCUT2D eigenvalue weighted by atomic mass is 35.5.